The molecule has 0 aromatic heterocycles. The average molecular weight is 293 g/mol. The first-order valence-corrected chi connectivity index (χ1v) is 7.47. The topological polar surface area (TPSA) is 47.6 Å². The third-order valence-corrected chi connectivity index (χ3v) is 4.10. The van der Waals surface area contributed by atoms with Crippen LogP contribution in [0.3, 0.4) is 0 Å². The van der Waals surface area contributed by atoms with E-state index in [0.717, 1.165) is 19.3 Å². The van der Waals surface area contributed by atoms with Crippen LogP contribution in [0.15, 0.2) is 24.3 Å². The van der Waals surface area contributed by atoms with E-state index in [1.54, 1.807) is 12.1 Å². The molecule has 0 bridgehead atoms. The molecule has 1 spiro atoms. The maximum absolute atomic E-state index is 13.1. The fourth-order valence-electron chi connectivity index (χ4n) is 3.19. The summed E-state index contributed by atoms with van der Waals surface area (Å²) in [6.07, 6.45) is 3.70. The van der Waals surface area contributed by atoms with Gasteiger partial charge in [-0.25, -0.2) is 4.39 Å². The number of benzene rings is 1. The molecular weight excluding hydrogens is 273 g/mol. The van der Waals surface area contributed by atoms with Crippen LogP contribution in [0.4, 0.5) is 4.39 Å². The molecule has 0 unspecified atom stereocenters. The monoisotopic (exact) mass is 293 g/mol. The number of ether oxygens (including phenoxy) is 2. The number of hydrogen-bond acceptors (Lipinski definition) is 3. The van der Waals surface area contributed by atoms with Crippen molar-refractivity contribution in [1.29, 1.82) is 0 Å². The Kier molecular flexibility index (Phi) is 4.22. The van der Waals surface area contributed by atoms with Gasteiger partial charge >= 0.3 is 0 Å². The Bertz CT molecular complexity index is 514. The molecule has 5 heteroatoms. The van der Waals surface area contributed by atoms with Crippen molar-refractivity contribution in [2.75, 3.05) is 13.2 Å². The van der Waals surface area contributed by atoms with Gasteiger partial charge in [-0.1, -0.05) is 12.1 Å². The van der Waals surface area contributed by atoms with Crippen molar-refractivity contribution in [3.05, 3.63) is 35.6 Å². The lowest BCUT2D eigenvalue weighted by Gasteiger charge is -2.36. The van der Waals surface area contributed by atoms with Crippen molar-refractivity contribution in [2.24, 2.45) is 0 Å². The van der Waals surface area contributed by atoms with E-state index in [9.17, 15) is 9.18 Å². The Morgan fingerprint density at radius 2 is 2.19 bits per heavy atom. The van der Waals surface area contributed by atoms with Gasteiger partial charge in [-0.2, -0.15) is 0 Å². The molecule has 1 saturated heterocycles. The van der Waals surface area contributed by atoms with Crippen LogP contribution >= 0.6 is 0 Å². The zero-order valence-electron chi connectivity index (χ0n) is 11.9. The lowest BCUT2D eigenvalue weighted by molar-refractivity contribution is -0.182. The van der Waals surface area contributed by atoms with Gasteiger partial charge in [-0.05, 0) is 30.5 Å². The minimum absolute atomic E-state index is 0.0675. The summed E-state index contributed by atoms with van der Waals surface area (Å²) >= 11 is 0. The molecule has 1 aromatic carbocycles. The van der Waals surface area contributed by atoms with Gasteiger partial charge in [0.1, 0.15) is 5.82 Å². The Labute approximate surface area is 123 Å². The smallest absolute Gasteiger partial charge is 0.224 e. The number of rotatable bonds is 3. The lowest BCUT2D eigenvalue weighted by Crippen LogP contribution is -2.46. The summed E-state index contributed by atoms with van der Waals surface area (Å²) in [7, 11) is 0. The van der Waals surface area contributed by atoms with E-state index < -0.39 is 5.79 Å². The number of nitrogens with one attached hydrogen (secondary N) is 1. The average Bonchev–Trinajstić information content (AvgIpc) is 2.86. The third kappa shape index (κ3) is 3.60. The highest BCUT2D eigenvalue weighted by molar-refractivity contribution is 5.78. The van der Waals surface area contributed by atoms with Crippen LogP contribution in [0, 0.1) is 5.82 Å². The van der Waals surface area contributed by atoms with E-state index in [4.69, 9.17) is 9.47 Å². The molecule has 114 valence electrons. The first-order valence-electron chi connectivity index (χ1n) is 7.47. The molecule has 1 amide bonds. The summed E-state index contributed by atoms with van der Waals surface area (Å²) in [5.41, 5.74) is 0.686. The first kappa shape index (κ1) is 14.5. The summed E-state index contributed by atoms with van der Waals surface area (Å²) in [6.45, 7) is 1.26. The lowest BCUT2D eigenvalue weighted by atomic mass is 9.89. The van der Waals surface area contributed by atoms with E-state index in [0.29, 0.717) is 25.2 Å². The van der Waals surface area contributed by atoms with Crippen molar-refractivity contribution >= 4 is 5.91 Å². The molecule has 1 atom stereocenters. The van der Waals surface area contributed by atoms with Crippen LogP contribution < -0.4 is 5.32 Å². The van der Waals surface area contributed by atoms with E-state index in [-0.39, 0.29) is 24.2 Å². The SMILES string of the molecule is O=C(Cc1cccc(F)c1)N[C@@H]1CCCC2(C1)OCCO2. The van der Waals surface area contributed by atoms with Crippen LogP contribution in [-0.2, 0) is 20.7 Å². The summed E-state index contributed by atoms with van der Waals surface area (Å²) < 4.78 is 24.5. The predicted octanol–water partition coefficient (Wildman–Crippen LogP) is 2.17. The second-order valence-corrected chi connectivity index (χ2v) is 5.78. The fourth-order valence-corrected chi connectivity index (χ4v) is 3.19. The van der Waals surface area contributed by atoms with Crippen molar-refractivity contribution in [1.82, 2.24) is 5.32 Å². The van der Waals surface area contributed by atoms with E-state index in [1.165, 1.54) is 12.1 Å². The maximum atomic E-state index is 13.1. The van der Waals surface area contributed by atoms with E-state index in [2.05, 4.69) is 5.32 Å². The predicted molar refractivity (Wildman–Crippen MR) is 75.1 cm³/mol. The second kappa shape index (κ2) is 6.12. The third-order valence-electron chi connectivity index (χ3n) is 4.10. The van der Waals surface area contributed by atoms with Gasteiger partial charge < -0.3 is 14.8 Å². The number of amides is 1. The molecule has 2 aliphatic rings. The molecule has 1 aliphatic carbocycles. The van der Waals surface area contributed by atoms with Crippen molar-refractivity contribution < 1.29 is 18.7 Å². The van der Waals surface area contributed by atoms with Crippen LogP contribution in [0.1, 0.15) is 31.2 Å². The number of halogens is 1. The Morgan fingerprint density at radius 3 is 2.95 bits per heavy atom. The van der Waals surface area contributed by atoms with Gasteiger partial charge in [0.2, 0.25) is 5.91 Å². The minimum atomic E-state index is -0.491. The largest absolute Gasteiger partial charge is 0.353 e. The molecule has 1 aromatic rings. The van der Waals surface area contributed by atoms with Gasteiger partial charge in [0.25, 0.3) is 0 Å². The van der Waals surface area contributed by atoms with Gasteiger partial charge in [-0.3, -0.25) is 4.79 Å². The van der Waals surface area contributed by atoms with Crippen LogP contribution in [-0.4, -0.2) is 30.9 Å². The van der Waals surface area contributed by atoms with E-state index in [1.807, 2.05) is 0 Å². The zero-order chi connectivity index (χ0) is 14.7. The number of carbonyl (C=O) groups is 1. The van der Waals surface area contributed by atoms with Gasteiger partial charge in [-0.15, -0.1) is 0 Å². The Hall–Kier alpha value is -1.46. The van der Waals surface area contributed by atoms with Crippen LogP contribution in [0.5, 0.6) is 0 Å². The molecule has 1 saturated carbocycles. The Balaban J connectivity index is 1.55. The Morgan fingerprint density at radius 1 is 1.38 bits per heavy atom. The van der Waals surface area contributed by atoms with Gasteiger partial charge in [0, 0.05) is 18.9 Å². The number of carbonyl (C=O) groups excluding carboxylic acids is 1. The molecule has 3 rings (SSSR count). The molecule has 21 heavy (non-hydrogen) atoms. The summed E-state index contributed by atoms with van der Waals surface area (Å²) in [5, 5.41) is 3.02. The summed E-state index contributed by atoms with van der Waals surface area (Å²) in [4.78, 5) is 12.1. The number of hydrogen-bond donors (Lipinski definition) is 1. The standard InChI is InChI=1S/C16H20FNO3/c17-13-4-1-3-12(9-13)10-15(19)18-14-5-2-6-16(11-14)20-7-8-21-16/h1,3-4,9,14H,2,5-8,10-11H2,(H,18,19)/t14-/m1/s1. The molecule has 4 nitrogen and oxygen atoms in total. The molecule has 1 aliphatic heterocycles. The van der Waals surface area contributed by atoms with Gasteiger partial charge in [0.05, 0.1) is 19.6 Å². The zero-order valence-corrected chi connectivity index (χ0v) is 11.9. The minimum Gasteiger partial charge on any atom is -0.353 e. The quantitative estimate of drug-likeness (QED) is 0.929. The highest BCUT2D eigenvalue weighted by Crippen LogP contribution is 2.35. The molecule has 0 radical (unpaired) electrons. The van der Waals surface area contributed by atoms with Crippen LogP contribution in [0.2, 0.25) is 0 Å². The van der Waals surface area contributed by atoms with Crippen LogP contribution in [0.25, 0.3) is 0 Å². The maximum Gasteiger partial charge on any atom is 0.224 e. The van der Waals surface area contributed by atoms with Crippen molar-refractivity contribution in [3.8, 4) is 0 Å². The highest BCUT2D eigenvalue weighted by Gasteiger charge is 2.41. The normalized spacial score (nSPS) is 24.1. The molecule has 1 N–H and O–H groups in total. The second-order valence-electron chi connectivity index (χ2n) is 5.78. The fraction of sp³-hybridized carbons (Fsp3) is 0.562. The highest BCUT2D eigenvalue weighted by atomic mass is 19.1. The summed E-state index contributed by atoms with van der Waals surface area (Å²) in [6, 6.07) is 6.21. The molecule has 1 heterocycles. The van der Waals surface area contributed by atoms with Crippen molar-refractivity contribution in [3.63, 3.8) is 0 Å². The first-order chi connectivity index (χ1) is 10.2. The molecular formula is C16H20FNO3. The van der Waals surface area contributed by atoms with Crippen molar-refractivity contribution in [2.45, 2.75) is 43.9 Å². The van der Waals surface area contributed by atoms with E-state index >= 15 is 0 Å². The van der Waals surface area contributed by atoms with Gasteiger partial charge in [0.15, 0.2) is 5.79 Å². The molecule has 2 fully saturated rings. The summed E-state index contributed by atoms with van der Waals surface area (Å²) in [5.74, 6) is -0.889.